The normalized spacial score (nSPS) is 11.6. The summed E-state index contributed by atoms with van der Waals surface area (Å²) >= 11 is 0. The van der Waals surface area contributed by atoms with Crippen molar-refractivity contribution >= 4 is 5.78 Å². The molecule has 0 aromatic rings. The van der Waals surface area contributed by atoms with Gasteiger partial charge in [-0.25, -0.2) is 0 Å². The molecule has 144 valence electrons. The molecule has 6 nitrogen and oxygen atoms in total. The third-order valence-corrected chi connectivity index (χ3v) is 3.08. The van der Waals surface area contributed by atoms with Gasteiger partial charge < -0.3 is 23.7 Å². The van der Waals surface area contributed by atoms with Gasteiger partial charge in [0.15, 0.2) is 0 Å². The van der Waals surface area contributed by atoms with Crippen LogP contribution < -0.4 is 0 Å². The zero-order chi connectivity index (χ0) is 18.0. The highest BCUT2D eigenvalue weighted by Crippen LogP contribution is 1.98. The number of hydrogen-bond acceptors (Lipinski definition) is 6. The molecule has 0 aliphatic carbocycles. The average Bonchev–Trinajstić information content (AvgIpc) is 2.53. The summed E-state index contributed by atoms with van der Waals surface area (Å²) in [6.07, 6.45) is 0.475. The Morgan fingerprint density at radius 2 is 1.00 bits per heavy atom. The molecule has 0 radical (unpaired) electrons. The lowest BCUT2D eigenvalue weighted by Gasteiger charge is -2.09. The van der Waals surface area contributed by atoms with E-state index in [-0.39, 0.29) is 11.7 Å². The van der Waals surface area contributed by atoms with E-state index in [1.807, 2.05) is 13.8 Å². The van der Waals surface area contributed by atoms with Gasteiger partial charge in [0.2, 0.25) is 0 Å². The molecule has 0 aliphatic rings. The monoisotopic (exact) mass is 348 g/mol. The number of carbonyl (C=O) groups is 1. The van der Waals surface area contributed by atoms with Crippen molar-refractivity contribution in [1.29, 1.82) is 0 Å². The van der Waals surface area contributed by atoms with Crippen LogP contribution in [0.5, 0.6) is 0 Å². The van der Waals surface area contributed by atoms with Gasteiger partial charge in [0.25, 0.3) is 0 Å². The quantitative estimate of drug-likeness (QED) is 0.354. The van der Waals surface area contributed by atoms with E-state index < -0.39 is 0 Å². The number of ether oxygens (including phenoxy) is 5. The first-order valence-electron chi connectivity index (χ1n) is 8.95. The Morgan fingerprint density at radius 3 is 1.38 bits per heavy atom. The summed E-state index contributed by atoms with van der Waals surface area (Å²) in [5, 5.41) is 0. The fourth-order valence-corrected chi connectivity index (χ4v) is 1.66. The van der Waals surface area contributed by atoms with E-state index >= 15 is 0 Å². The molecule has 0 bridgehead atoms. The number of Topliss-reactive ketones (excluding diaryl/α,β-unsaturated/α-hetero) is 1. The van der Waals surface area contributed by atoms with Crippen molar-refractivity contribution in [1.82, 2.24) is 0 Å². The van der Waals surface area contributed by atoms with Gasteiger partial charge in [-0.05, 0) is 5.92 Å². The summed E-state index contributed by atoms with van der Waals surface area (Å²) in [6, 6.07) is 0. The fourth-order valence-electron chi connectivity index (χ4n) is 1.66. The predicted molar refractivity (Wildman–Crippen MR) is 93.4 cm³/mol. The van der Waals surface area contributed by atoms with Crippen molar-refractivity contribution in [3.63, 3.8) is 0 Å². The Hall–Kier alpha value is -0.530. The van der Waals surface area contributed by atoms with Gasteiger partial charge in [-0.15, -0.1) is 0 Å². The topological polar surface area (TPSA) is 63.2 Å². The molecule has 6 heteroatoms. The molecule has 0 spiro atoms. The molecule has 0 heterocycles. The van der Waals surface area contributed by atoms with E-state index in [1.165, 1.54) is 0 Å². The third-order valence-electron chi connectivity index (χ3n) is 3.08. The summed E-state index contributed by atoms with van der Waals surface area (Å²) in [5.74, 6) is 0.873. The number of ketones is 1. The fraction of sp³-hybridized carbons (Fsp3) is 0.944. The minimum atomic E-state index is 0.0820. The number of carbonyl (C=O) groups excluding carboxylic acids is 1. The lowest BCUT2D eigenvalue weighted by Crippen LogP contribution is -2.15. The highest BCUT2D eigenvalue weighted by molar-refractivity contribution is 5.80. The van der Waals surface area contributed by atoms with Crippen LogP contribution in [0.25, 0.3) is 0 Å². The largest absolute Gasteiger partial charge is 0.379 e. The first-order chi connectivity index (χ1) is 11.5. The van der Waals surface area contributed by atoms with Crippen molar-refractivity contribution in [3.8, 4) is 0 Å². The Bertz CT molecular complexity index is 281. The molecule has 0 rings (SSSR count). The van der Waals surface area contributed by atoms with Gasteiger partial charge in [0.05, 0.1) is 59.5 Å². The molecular weight excluding hydrogens is 312 g/mol. The Morgan fingerprint density at radius 1 is 0.625 bits per heavy atom. The zero-order valence-corrected chi connectivity index (χ0v) is 15.9. The van der Waals surface area contributed by atoms with Crippen molar-refractivity contribution < 1.29 is 28.5 Å². The van der Waals surface area contributed by atoms with Crippen LogP contribution in [-0.2, 0) is 28.5 Å². The van der Waals surface area contributed by atoms with Crippen molar-refractivity contribution in [3.05, 3.63) is 0 Å². The first-order valence-corrected chi connectivity index (χ1v) is 8.95. The van der Waals surface area contributed by atoms with Crippen LogP contribution in [0.15, 0.2) is 0 Å². The molecule has 0 aromatic carbocycles. The summed E-state index contributed by atoms with van der Waals surface area (Å²) in [4.78, 5) is 11.4. The van der Waals surface area contributed by atoms with Crippen molar-refractivity contribution in [2.75, 3.05) is 66.1 Å². The van der Waals surface area contributed by atoms with Crippen LogP contribution in [0.1, 0.15) is 34.1 Å². The Kier molecular flexibility index (Phi) is 16.9. The van der Waals surface area contributed by atoms with Gasteiger partial charge in [-0.3, -0.25) is 4.79 Å². The maximum atomic E-state index is 11.4. The van der Waals surface area contributed by atoms with Crippen molar-refractivity contribution in [2.24, 2.45) is 11.8 Å². The standard InChI is InChI=1S/C18H36O6/c1-16(2)15-24-14-13-23-12-11-22-10-9-21-8-7-20-6-5-18(19)17(3)4/h16-17H,5-15H2,1-4H3. The molecule has 0 atom stereocenters. The van der Waals surface area contributed by atoms with E-state index in [2.05, 4.69) is 13.8 Å². The van der Waals surface area contributed by atoms with Crippen LogP contribution in [0, 0.1) is 11.8 Å². The molecule has 0 unspecified atom stereocenters. The third kappa shape index (κ3) is 17.8. The Labute approximate surface area is 147 Å². The highest BCUT2D eigenvalue weighted by atomic mass is 16.6. The van der Waals surface area contributed by atoms with Crippen LogP contribution in [-0.4, -0.2) is 71.9 Å². The molecule has 0 saturated heterocycles. The molecule has 0 aliphatic heterocycles. The molecule has 0 amide bonds. The lowest BCUT2D eigenvalue weighted by molar-refractivity contribution is -0.123. The van der Waals surface area contributed by atoms with Gasteiger partial charge >= 0.3 is 0 Å². The van der Waals surface area contributed by atoms with E-state index in [0.717, 1.165) is 6.61 Å². The molecule has 0 fully saturated rings. The SMILES string of the molecule is CC(C)COCCOCCOCCOCCOCCC(=O)C(C)C. The summed E-state index contributed by atoms with van der Waals surface area (Å²) in [5.41, 5.74) is 0. The molecule has 0 N–H and O–H groups in total. The van der Waals surface area contributed by atoms with Gasteiger partial charge in [-0.1, -0.05) is 27.7 Å². The summed E-state index contributed by atoms with van der Waals surface area (Å²) in [6.45, 7) is 13.7. The van der Waals surface area contributed by atoms with Gasteiger partial charge in [-0.2, -0.15) is 0 Å². The van der Waals surface area contributed by atoms with Crippen molar-refractivity contribution in [2.45, 2.75) is 34.1 Å². The van der Waals surface area contributed by atoms with Crippen LogP contribution in [0.2, 0.25) is 0 Å². The summed E-state index contributed by atoms with van der Waals surface area (Å²) < 4.78 is 26.9. The molecule has 24 heavy (non-hydrogen) atoms. The smallest absolute Gasteiger partial charge is 0.137 e. The summed E-state index contributed by atoms with van der Waals surface area (Å²) in [7, 11) is 0. The van der Waals surface area contributed by atoms with E-state index in [0.29, 0.717) is 71.8 Å². The molecule has 0 saturated carbocycles. The molecular formula is C18H36O6. The minimum absolute atomic E-state index is 0.0820. The van der Waals surface area contributed by atoms with Gasteiger partial charge in [0.1, 0.15) is 5.78 Å². The maximum absolute atomic E-state index is 11.4. The highest BCUT2D eigenvalue weighted by Gasteiger charge is 2.05. The number of rotatable bonds is 18. The molecule has 0 aromatic heterocycles. The average molecular weight is 348 g/mol. The van der Waals surface area contributed by atoms with Crippen LogP contribution >= 0.6 is 0 Å². The minimum Gasteiger partial charge on any atom is -0.379 e. The van der Waals surface area contributed by atoms with E-state index in [4.69, 9.17) is 23.7 Å². The Balaban J connectivity index is 3.06. The maximum Gasteiger partial charge on any atom is 0.137 e. The van der Waals surface area contributed by atoms with Gasteiger partial charge in [0, 0.05) is 18.9 Å². The second-order valence-corrected chi connectivity index (χ2v) is 6.29. The van der Waals surface area contributed by atoms with E-state index in [9.17, 15) is 4.79 Å². The second kappa shape index (κ2) is 17.3. The predicted octanol–water partition coefficient (Wildman–Crippen LogP) is 2.34. The van der Waals surface area contributed by atoms with Crippen LogP contribution in [0.4, 0.5) is 0 Å². The second-order valence-electron chi connectivity index (χ2n) is 6.29. The lowest BCUT2D eigenvalue weighted by atomic mass is 10.1. The van der Waals surface area contributed by atoms with E-state index in [1.54, 1.807) is 0 Å². The number of hydrogen-bond donors (Lipinski definition) is 0. The zero-order valence-electron chi connectivity index (χ0n) is 15.9. The van der Waals surface area contributed by atoms with Crippen LogP contribution in [0.3, 0.4) is 0 Å². The first kappa shape index (κ1) is 23.5.